The Hall–Kier alpha value is -2.70. The van der Waals surface area contributed by atoms with E-state index in [1.165, 1.54) is 24.3 Å². The highest BCUT2D eigenvalue weighted by atomic mass is 19.2. The lowest BCUT2D eigenvalue weighted by atomic mass is 10.3. The Labute approximate surface area is 124 Å². The molecule has 0 bridgehead atoms. The van der Waals surface area contributed by atoms with Crippen LogP contribution in [0, 0.1) is 17.5 Å². The zero-order chi connectivity index (χ0) is 15.9. The molecule has 0 atom stereocenters. The molecule has 2 amide bonds. The highest BCUT2D eigenvalue weighted by Gasteiger charge is 2.04. The summed E-state index contributed by atoms with van der Waals surface area (Å²) in [4.78, 5) is 11.5. The van der Waals surface area contributed by atoms with E-state index in [9.17, 15) is 18.0 Å². The summed E-state index contributed by atoms with van der Waals surface area (Å²) in [6.45, 7) is 0.210. The number of carbonyl (C=O) groups excluding carboxylic acids is 1. The molecule has 0 aromatic heterocycles. The Kier molecular flexibility index (Phi) is 5.24. The van der Waals surface area contributed by atoms with Crippen molar-refractivity contribution in [2.45, 2.75) is 0 Å². The van der Waals surface area contributed by atoms with Crippen molar-refractivity contribution in [1.82, 2.24) is 5.32 Å². The highest BCUT2D eigenvalue weighted by molar-refractivity contribution is 5.89. The smallest absolute Gasteiger partial charge is 0.319 e. The molecule has 0 aliphatic heterocycles. The summed E-state index contributed by atoms with van der Waals surface area (Å²) in [5.41, 5.74) is 0.319. The second-order valence-corrected chi connectivity index (χ2v) is 4.32. The van der Waals surface area contributed by atoms with Gasteiger partial charge in [0, 0.05) is 11.8 Å². The Morgan fingerprint density at radius 1 is 1.05 bits per heavy atom. The molecule has 0 unspecified atom stereocenters. The molecule has 22 heavy (non-hydrogen) atoms. The molecule has 0 aliphatic rings. The average molecular weight is 310 g/mol. The van der Waals surface area contributed by atoms with Crippen molar-refractivity contribution in [3.8, 4) is 5.75 Å². The summed E-state index contributed by atoms with van der Waals surface area (Å²) in [6.07, 6.45) is 0. The number of hydrogen-bond acceptors (Lipinski definition) is 2. The molecule has 116 valence electrons. The standard InChI is InChI=1S/C15H13F3N2O2/c16-10-2-1-3-11(8-10)20-15(21)19-6-7-22-12-4-5-13(17)14(18)9-12/h1-5,8-9H,6-7H2,(H2,19,20,21). The minimum Gasteiger partial charge on any atom is -0.492 e. The van der Waals surface area contributed by atoms with Gasteiger partial charge in [0.15, 0.2) is 11.6 Å². The zero-order valence-electron chi connectivity index (χ0n) is 11.4. The number of hydrogen-bond donors (Lipinski definition) is 2. The van der Waals surface area contributed by atoms with E-state index < -0.39 is 23.5 Å². The summed E-state index contributed by atoms with van der Waals surface area (Å²) < 4.78 is 43.7. The molecule has 0 radical (unpaired) electrons. The number of carbonyl (C=O) groups is 1. The quantitative estimate of drug-likeness (QED) is 0.833. The van der Waals surface area contributed by atoms with Gasteiger partial charge in [-0.25, -0.2) is 18.0 Å². The van der Waals surface area contributed by atoms with Crippen LogP contribution in [-0.4, -0.2) is 19.2 Å². The maximum atomic E-state index is 12.9. The summed E-state index contributed by atoms with van der Waals surface area (Å²) in [6, 6.07) is 8.08. The van der Waals surface area contributed by atoms with E-state index >= 15 is 0 Å². The van der Waals surface area contributed by atoms with Crippen molar-refractivity contribution >= 4 is 11.7 Å². The van der Waals surface area contributed by atoms with E-state index in [-0.39, 0.29) is 18.9 Å². The fourth-order valence-electron chi connectivity index (χ4n) is 1.64. The van der Waals surface area contributed by atoms with Crippen molar-refractivity contribution in [3.63, 3.8) is 0 Å². The van der Waals surface area contributed by atoms with Gasteiger partial charge in [0.25, 0.3) is 0 Å². The number of urea groups is 1. The average Bonchev–Trinajstić information content (AvgIpc) is 2.47. The van der Waals surface area contributed by atoms with Crippen molar-refractivity contribution in [2.75, 3.05) is 18.5 Å². The molecule has 2 rings (SSSR count). The van der Waals surface area contributed by atoms with Crippen molar-refractivity contribution in [2.24, 2.45) is 0 Å². The van der Waals surface area contributed by atoms with E-state index in [0.717, 1.165) is 12.1 Å². The van der Waals surface area contributed by atoms with Crippen molar-refractivity contribution in [1.29, 1.82) is 0 Å². The fourth-order valence-corrected chi connectivity index (χ4v) is 1.64. The van der Waals surface area contributed by atoms with Gasteiger partial charge in [-0.1, -0.05) is 6.07 Å². The first-order valence-corrected chi connectivity index (χ1v) is 6.43. The van der Waals surface area contributed by atoms with Crippen LogP contribution in [0.1, 0.15) is 0 Å². The van der Waals surface area contributed by atoms with E-state index in [1.54, 1.807) is 6.07 Å². The van der Waals surface area contributed by atoms with E-state index in [0.29, 0.717) is 5.69 Å². The van der Waals surface area contributed by atoms with E-state index in [2.05, 4.69) is 10.6 Å². The first-order valence-electron chi connectivity index (χ1n) is 6.43. The largest absolute Gasteiger partial charge is 0.492 e. The van der Waals surface area contributed by atoms with E-state index in [4.69, 9.17) is 4.74 Å². The molecule has 2 aromatic carbocycles. The number of amides is 2. The number of nitrogens with one attached hydrogen (secondary N) is 2. The predicted molar refractivity (Wildman–Crippen MR) is 75.3 cm³/mol. The van der Waals surface area contributed by atoms with Gasteiger partial charge in [-0.3, -0.25) is 0 Å². The van der Waals surface area contributed by atoms with Crippen molar-refractivity contribution < 1.29 is 22.7 Å². The third-order valence-corrected chi connectivity index (χ3v) is 2.63. The Bertz CT molecular complexity index is 665. The molecular formula is C15H13F3N2O2. The lowest BCUT2D eigenvalue weighted by Gasteiger charge is -2.09. The van der Waals surface area contributed by atoms with Crippen LogP contribution >= 0.6 is 0 Å². The molecule has 0 heterocycles. The zero-order valence-corrected chi connectivity index (χ0v) is 11.4. The van der Waals surface area contributed by atoms with Crippen LogP contribution in [0.2, 0.25) is 0 Å². The van der Waals surface area contributed by atoms with Gasteiger partial charge >= 0.3 is 6.03 Å². The number of anilines is 1. The van der Waals surface area contributed by atoms with Crippen LogP contribution in [0.5, 0.6) is 5.75 Å². The molecule has 2 aromatic rings. The third kappa shape index (κ3) is 4.69. The van der Waals surface area contributed by atoms with Gasteiger partial charge in [0.1, 0.15) is 18.2 Å². The second kappa shape index (κ2) is 7.35. The lowest BCUT2D eigenvalue weighted by Crippen LogP contribution is -2.32. The van der Waals surface area contributed by atoms with Crippen LogP contribution in [0.25, 0.3) is 0 Å². The van der Waals surface area contributed by atoms with E-state index in [1.807, 2.05) is 0 Å². The normalized spacial score (nSPS) is 10.1. The van der Waals surface area contributed by atoms with Gasteiger partial charge in [0.05, 0.1) is 6.54 Å². The van der Waals surface area contributed by atoms with Crippen LogP contribution in [0.4, 0.5) is 23.7 Å². The molecule has 0 spiro atoms. The monoisotopic (exact) mass is 310 g/mol. The Morgan fingerprint density at radius 3 is 2.59 bits per heavy atom. The maximum absolute atomic E-state index is 12.9. The summed E-state index contributed by atoms with van der Waals surface area (Å²) in [7, 11) is 0. The second-order valence-electron chi connectivity index (χ2n) is 4.32. The number of ether oxygens (including phenoxy) is 1. The molecular weight excluding hydrogens is 297 g/mol. The summed E-state index contributed by atoms with van der Waals surface area (Å²) >= 11 is 0. The number of benzene rings is 2. The predicted octanol–water partition coefficient (Wildman–Crippen LogP) is 3.30. The third-order valence-electron chi connectivity index (χ3n) is 2.63. The molecule has 7 heteroatoms. The Morgan fingerprint density at radius 2 is 1.86 bits per heavy atom. The summed E-state index contributed by atoms with van der Waals surface area (Å²) in [5.74, 6) is -2.26. The van der Waals surface area contributed by atoms with Crippen LogP contribution < -0.4 is 15.4 Å². The SMILES string of the molecule is O=C(NCCOc1ccc(F)c(F)c1)Nc1cccc(F)c1. The van der Waals surface area contributed by atoms with Crippen molar-refractivity contribution in [3.05, 3.63) is 59.9 Å². The highest BCUT2D eigenvalue weighted by Crippen LogP contribution is 2.15. The topological polar surface area (TPSA) is 50.4 Å². The van der Waals surface area contributed by atoms with Gasteiger partial charge in [-0.05, 0) is 30.3 Å². The number of rotatable bonds is 5. The van der Waals surface area contributed by atoms with Crippen LogP contribution in [0.15, 0.2) is 42.5 Å². The van der Waals surface area contributed by atoms with Crippen LogP contribution in [0.3, 0.4) is 0 Å². The maximum Gasteiger partial charge on any atom is 0.319 e. The first-order chi connectivity index (χ1) is 10.5. The fraction of sp³-hybridized carbons (Fsp3) is 0.133. The molecule has 4 nitrogen and oxygen atoms in total. The van der Waals surface area contributed by atoms with Gasteiger partial charge in [-0.15, -0.1) is 0 Å². The minimum absolute atomic E-state index is 0.0711. The molecule has 0 fully saturated rings. The molecule has 0 saturated carbocycles. The summed E-state index contributed by atoms with van der Waals surface area (Å²) in [5, 5.41) is 4.92. The van der Waals surface area contributed by atoms with Gasteiger partial charge in [-0.2, -0.15) is 0 Å². The number of halogens is 3. The first kappa shape index (κ1) is 15.7. The van der Waals surface area contributed by atoms with Gasteiger partial charge in [0.2, 0.25) is 0 Å². The Balaban J connectivity index is 1.72. The van der Waals surface area contributed by atoms with Crippen LogP contribution in [-0.2, 0) is 0 Å². The van der Waals surface area contributed by atoms with Gasteiger partial charge < -0.3 is 15.4 Å². The molecule has 0 saturated heterocycles. The molecule has 0 aliphatic carbocycles. The lowest BCUT2D eigenvalue weighted by molar-refractivity contribution is 0.247. The molecule has 2 N–H and O–H groups in total. The minimum atomic E-state index is -1.01.